The lowest BCUT2D eigenvalue weighted by Crippen LogP contribution is -2.40. The molecule has 0 unspecified atom stereocenters. The Bertz CT molecular complexity index is 761. The zero-order valence-corrected chi connectivity index (χ0v) is 17.3. The molecule has 1 fully saturated rings. The molecule has 1 aliphatic carbocycles. The number of aryl methyl sites for hydroxylation is 1. The Balaban J connectivity index is 1.68. The highest BCUT2D eigenvalue weighted by molar-refractivity contribution is 9.10. The minimum atomic E-state index is 0.153. The van der Waals surface area contributed by atoms with Crippen LogP contribution in [0.15, 0.2) is 40.9 Å². The van der Waals surface area contributed by atoms with Crippen molar-refractivity contribution in [2.24, 2.45) is 0 Å². The number of hydrogen-bond donors (Lipinski definition) is 2. The van der Waals surface area contributed by atoms with E-state index in [1.54, 1.807) is 0 Å². The molecule has 1 aliphatic rings. The summed E-state index contributed by atoms with van der Waals surface area (Å²) in [4.78, 5) is 4.45. The Morgan fingerprint density at radius 2 is 1.96 bits per heavy atom. The van der Waals surface area contributed by atoms with E-state index in [1.165, 1.54) is 31.2 Å². The van der Waals surface area contributed by atoms with Gasteiger partial charge in [0.2, 0.25) is 0 Å². The molecule has 3 rings (SSSR count). The summed E-state index contributed by atoms with van der Waals surface area (Å²) in [6.07, 6.45) is 4.89. The first kappa shape index (κ1) is 18.6. The van der Waals surface area contributed by atoms with Gasteiger partial charge >= 0.3 is 0 Å². The maximum atomic E-state index is 6.25. The van der Waals surface area contributed by atoms with Crippen molar-refractivity contribution < 1.29 is 0 Å². The molecule has 25 heavy (non-hydrogen) atoms. The van der Waals surface area contributed by atoms with Crippen molar-refractivity contribution in [3.8, 4) is 0 Å². The van der Waals surface area contributed by atoms with Crippen molar-refractivity contribution in [1.82, 2.24) is 10.3 Å². The third kappa shape index (κ3) is 4.33. The lowest BCUT2D eigenvalue weighted by Gasteiger charge is -2.30. The third-order valence-corrected chi connectivity index (χ3v) is 6.21. The Morgan fingerprint density at radius 1 is 1.28 bits per heavy atom. The van der Waals surface area contributed by atoms with Crippen LogP contribution in [0.3, 0.4) is 0 Å². The average Bonchev–Trinajstić information content (AvgIpc) is 3.09. The highest BCUT2D eigenvalue weighted by atomic mass is 79.9. The van der Waals surface area contributed by atoms with Gasteiger partial charge in [0.15, 0.2) is 10.9 Å². The predicted octanol–water partition coefficient (Wildman–Crippen LogP) is 5.60. The van der Waals surface area contributed by atoms with Crippen molar-refractivity contribution in [1.29, 1.82) is 0 Å². The van der Waals surface area contributed by atoms with Crippen LogP contribution < -0.4 is 10.6 Å². The van der Waals surface area contributed by atoms with Crippen LogP contribution in [-0.2, 0) is 5.41 Å². The van der Waals surface area contributed by atoms with Gasteiger partial charge in [0.05, 0.1) is 10.7 Å². The van der Waals surface area contributed by atoms with Gasteiger partial charge in [-0.3, -0.25) is 0 Å². The topological polar surface area (TPSA) is 37.0 Å². The molecule has 0 radical (unpaired) electrons. The second-order valence-electron chi connectivity index (χ2n) is 6.55. The molecule has 0 atom stereocenters. The molecule has 132 valence electrons. The highest BCUT2D eigenvalue weighted by Crippen LogP contribution is 2.40. The summed E-state index contributed by atoms with van der Waals surface area (Å²) >= 11 is 15.2. The fourth-order valence-corrected chi connectivity index (χ4v) is 4.28. The summed E-state index contributed by atoms with van der Waals surface area (Å²) in [6, 6.07) is 12.6. The minimum absolute atomic E-state index is 0.153. The van der Waals surface area contributed by atoms with E-state index in [0.717, 1.165) is 16.7 Å². The average molecular weight is 439 g/mol. The van der Waals surface area contributed by atoms with Gasteiger partial charge in [0, 0.05) is 16.4 Å². The molecule has 2 aromatic rings. The number of aromatic nitrogens is 1. The van der Waals surface area contributed by atoms with Gasteiger partial charge in [-0.25, -0.2) is 4.98 Å². The first-order valence-electron chi connectivity index (χ1n) is 8.43. The number of rotatable bonds is 4. The Hall–Kier alpha value is -1.17. The van der Waals surface area contributed by atoms with Gasteiger partial charge in [0.25, 0.3) is 0 Å². The quantitative estimate of drug-likeness (QED) is 0.609. The van der Waals surface area contributed by atoms with Gasteiger partial charge in [0.1, 0.15) is 0 Å². The summed E-state index contributed by atoms with van der Waals surface area (Å²) in [6.45, 7) is 2.74. The summed E-state index contributed by atoms with van der Waals surface area (Å²) in [5.41, 5.74) is 2.41. The van der Waals surface area contributed by atoms with E-state index in [1.807, 2.05) is 13.0 Å². The van der Waals surface area contributed by atoms with Crippen molar-refractivity contribution in [3.05, 3.63) is 57.2 Å². The maximum absolute atomic E-state index is 6.25. The van der Waals surface area contributed by atoms with E-state index in [2.05, 4.69) is 61.9 Å². The third-order valence-electron chi connectivity index (χ3n) is 4.87. The molecule has 0 saturated heterocycles. The molecule has 1 aromatic carbocycles. The summed E-state index contributed by atoms with van der Waals surface area (Å²) < 4.78 is 0.885. The molecule has 6 heteroatoms. The standard InChI is InChI=1S/C19H21BrClN3S/c1-13-15(20)11-16(21)17(23-13)24-18(25)22-12-19(9-5-6-10-19)14-7-3-2-4-8-14/h2-4,7-8,11H,5-6,9-10,12H2,1H3,(H2,22,23,24,25). The van der Waals surface area contributed by atoms with Crippen LogP contribution in [0.5, 0.6) is 0 Å². The molecule has 0 aliphatic heterocycles. The summed E-state index contributed by atoms with van der Waals surface area (Å²) in [5.74, 6) is 0.583. The minimum Gasteiger partial charge on any atom is -0.362 e. The Kier molecular flexibility index (Phi) is 5.97. The molecule has 0 spiro atoms. The molecule has 1 saturated carbocycles. The zero-order chi connectivity index (χ0) is 17.9. The summed E-state index contributed by atoms with van der Waals surface area (Å²) in [7, 11) is 0. The van der Waals surface area contributed by atoms with Gasteiger partial charge in [-0.2, -0.15) is 0 Å². The van der Waals surface area contributed by atoms with Crippen molar-refractivity contribution in [2.75, 3.05) is 11.9 Å². The fourth-order valence-electron chi connectivity index (χ4n) is 3.46. The number of halogens is 2. The number of hydrogen-bond acceptors (Lipinski definition) is 2. The van der Waals surface area contributed by atoms with Gasteiger partial charge in [-0.1, -0.05) is 54.8 Å². The number of pyridine rings is 1. The lowest BCUT2D eigenvalue weighted by atomic mass is 9.79. The van der Waals surface area contributed by atoms with E-state index in [-0.39, 0.29) is 5.41 Å². The first-order chi connectivity index (χ1) is 12.0. The molecule has 3 nitrogen and oxygen atoms in total. The number of thiocarbonyl (C=S) groups is 1. The van der Waals surface area contributed by atoms with Crippen LogP contribution in [0.2, 0.25) is 5.02 Å². The molecule has 1 heterocycles. The monoisotopic (exact) mass is 437 g/mol. The molecule has 2 N–H and O–H groups in total. The number of nitrogens with one attached hydrogen (secondary N) is 2. The largest absolute Gasteiger partial charge is 0.362 e. The molecular weight excluding hydrogens is 418 g/mol. The first-order valence-corrected chi connectivity index (χ1v) is 10.0. The van der Waals surface area contributed by atoms with E-state index in [4.69, 9.17) is 23.8 Å². The van der Waals surface area contributed by atoms with Crippen LogP contribution in [0.4, 0.5) is 5.82 Å². The van der Waals surface area contributed by atoms with Crippen LogP contribution >= 0.6 is 39.7 Å². The number of nitrogens with zero attached hydrogens (tertiary/aromatic N) is 1. The van der Waals surface area contributed by atoms with Crippen molar-refractivity contribution in [2.45, 2.75) is 38.0 Å². The molecule has 1 aromatic heterocycles. The second-order valence-corrected chi connectivity index (χ2v) is 8.22. The lowest BCUT2D eigenvalue weighted by molar-refractivity contribution is 0.435. The van der Waals surface area contributed by atoms with Crippen molar-refractivity contribution in [3.63, 3.8) is 0 Å². The Labute approximate surface area is 167 Å². The number of benzene rings is 1. The van der Waals surface area contributed by atoms with Crippen LogP contribution in [0.1, 0.15) is 36.9 Å². The van der Waals surface area contributed by atoms with Gasteiger partial charge < -0.3 is 10.6 Å². The predicted molar refractivity (Wildman–Crippen MR) is 112 cm³/mol. The van der Waals surface area contributed by atoms with Crippen LogP contribution in [0.25, 0.3) is 0 Å². The zero-order valence-electron chi connectivity index (χ0n) is 14.1. The smallest absolute Gasteiger partial charge is 0.172 e. The maximum Gasteiger partial charge on any atom is 0.172 e. The SMILES string of the molecule is Cc1nc(NC(=S)NCC2(c3ccccc3)CCCC2)c(Cl)cc1Br. The van der Waals surface area contributed by atoms with E-state index >= 15 is 0 Å². The highest BCUT2D eigenvalue weighted by Gasteiger charge is 2.35. The van der Waals surface area contributed by atoms with E-state index < -0.39 is 0 Å². The molecule has 0 bridgehead atoms. The molecular formula is C19H21BrClN3S. The van der Waals surface area contributed by atoms with Crippen molar-refractivity contribution >= 4 is 50.7 Å². The number of anilines is 1. The normalized spacial score (nSPS) is 15.8. The molecule has 0 amide bonds. The second kappa shape index (κ2) is 8.02. The van der Waals surface area contributed by atoms with E-state index in [9.17, 15) is 0 Å². The van der Waals surface area contributed by atoms with E-state index in [0.29, 0.717) is 16.0 Å². The summed E-state index contributed by atoms with van der Waals surface area (Å²) in [5, 5.41) is 7.61. The fraction of sp³-hybridized carbons (Fsp3) is 0.368. The van der Waals surface area contributed by atoms with Gasteiger partial charge in [-0.15, -0.1) is 0 Å². The van der Waals surface area contributed by atoms with Gasteiger partial charge in [-0.05, 0) is 59.5 Å². The van der Waals surface area contributed by atoms with Crippen LogP contribution in [0, 0.1) is 6.92 Å². The Morgan fingerprint density at radius 3 is 2.64 bits per heavy atom. The van der Waals surface area contributed by atoms with Crippen LogP contribution in [-0.4, -0.2) is 16.6 Å².